The van der Waals surface area contributed by atoms with Crippen molar-refractivity contribution >= 4 is 23.1 Å². The van der Waals surface area contributed by atoms with Crippen molar-refractivity contribution in [3.8, 4) is 22.3 Å². The van der Waals surface area contributed by atoms with E-state index in [-0.39, 0.29) is 24.0 Å². The summed E-state index contributed by atoms with van der Waals surface area (Å²) in [5.41, 5.74) is 0.907. The second-order valence-corrected chi connectivity index (χ2v) is 8.19. The van der Waals surface area contributed by atoms with Gasteiger partial charge < -0.3 is 10.1 Å². The number of anilines is 1. The van der Waals surface area contributed by atoms with Crippen LogP contribution >= 0.6 is 11.3 Å². The molecular weight excluding hydrogens is 433 g/mol. The van der Waals surface area contributed by atoms with Crippen LogP contribution in [-0.2, 0) is 4.79 Å². The molecule has 0 saturated heterocycles. The van der Waals surface area contributed by atoms with Gasteiger partial charge in [0.15, 0.2) is 6.61 Å². The Morgan fingerprint density at radius 2 is 2.03 bits per heavy atom. The Hall–Kier alpha value is -3.79. The van der Waals surface area contributed by atoms with Gasteiger partial charge in [-0.05, 0) is 41.6 Å². The summed E-state index contributed by atoms with van der Waals surface area (Å²) < 4.78 is 19.8. The highest BCUT2D eigenvalue weighted by Gasteiger charge is 2.17. The van der Waals surface area contributed by atoms with Gasteiger partial charge >= 0.3 is 0 Å². The zero-order chi connectivity index (χ0) is 22.7. The van der Waals surface area contributed by atoms with Crippen molar-refractivity contribution in [3.63, 3.8) is 0 Å². The molecule has 1 amide bonds. The van der Waals surface area contributed by atoms with E-state index in [9.17, 15) is 14.0 Å². The second-order valence-electron chi connectivity index (χ2n) is 7.24. The monoisotopic (exact) mass is 453 g/mol. The van der Waals surface area contributed by atoms with Crippen molar-refractivity contribution in [2.75, 3.05) is 11.9 Å². The van der Waals surface area contributed by atoms with Crippen LogP contribution in [0.3, 0.4) is 0 Å². The minimum atomic E-state index is -0.449. The summed E-state index contributed by atoms with van der Waals surface area (Å²) in [5.74, 6) is 0.0758. The number of hydrogen-bond donors (Lipinski definition) is 2. The summed E-state index contributed by atoms with van der Waals surface area (Å²) in [4.78, 5) is 32.8. The van der Waals surface area contributed by atoms with Gasteiger partial charge in [-0.1, -0.05) is 19.9 Å². The van der Waals surface area contributed by atoms with Gasteiger partial charge in [-0.3, -0.25) is 14.6 Å². The van der Waals surface area contributed by atoms with Crippen molar-refractivity contribution in [3.05, 3.63) is 75.8 Å². The number of ether oxygens (including phenoxy) is 1. The molecule has 4 aromatic rings. The number of aromatic nitrogens is 4. The number of aromatic amines is 1. The summed E-state index contributed by atoms with van der Waals surface area (Å²) in [6, 6.07) is 12.3. The molecular formula is C22H20FN5O3S. The Balaban J connectivity index is 1.63. The lowest BCUT2D eigenvalue weighted by Crippen LogP contribution is -2.23. The summed E-state index contributed by atoms with van der Waals surface area (Å²) >= 11 is 1.50. The molecule has 0 radical (unpaired) electrons. The van der Waals surface area contributed by atoms with Crippen LogP contribution in [0.15, 0.2) is 58.7 Å². The molecule has 0 fully saturated rings. The molecule has 0 spiro atoms. The fourth-order valence-electron chi connectivity index (χ4n) is 2.89. The van der Waals surface area contributed by atoms with Gasteiger partial charge in [-0.15, -0.1) is 11.3 Å². The average molecular weight is 453 g/mol. The van der Waals surface area contributed by atoms with Crippen molar-refractivity contribution in [2.24, 2.45) is 0 Å². The highest BCUT2D eigenvalue weighted by Crippen LogP contribution is 2.27. The first-order valence-electron chi connectivity index (χ1n) is 9.83. The molecule has 3 heterocycles. The molecule has 164 valence electrons. The fourth-order valence-corrected chi connectivity index (χ4v) is 3.58. The smallest absolute Gasteiger partial charge is 0.263 e. The topological polar surface area (TPSA) is 102 Å². The third-order valence-electron chi connectivity index (χ3n) is 4.48. The van der Waals surface area contributed by atoms with Gasteiger partial charge in [0.1, 0.15) is 23.1 Å². The number of thiophene rings is 1. The molecule has 2 N–H and O–H groups in total. The molecule has 0 atom stereocenters. The van der Waals surface area contributed by atoms with Crippen LogP contribution in [0.25, 0.3) is 16.5 Å². The van der Waals surface area contributed by atoms with Gasteiger partial charge in [0.2, 0.25) is 5.95 Å². The molecule has 0 aliphatic rings. The average Bonchev–Trinajstić information content (AvgIpc) is 3.43. The van der Waals surface area contributed by atoms with Crippen molar-refractivity contribution in [1.29, 1.82) is 0 Å². The molecule has 0 unspecified atom stereocenters. The lowest BCUT2D eigenvalue weighted by atomic mass is 10.1. The predicted molar refractivity (Wildman–Crippen MR) is 120 cm³/mol. The maximum Gasteiger partial charge on any atom is 0.263 e. The Labute approximate surface area is 186 Å². The number of benzene rings is 1. The summed E-state index contributed by atoms with van der Waals surface area (Å²) in [6.45, 7) is 3.57. The van der Waals surface area contributed by atoms with E-state index in [2.05, 4.69) is 20.4 Å². The van der Waals surface area contributed by atoms with E-state index in [4.69, 9.17) is 4.74 Å². The summed E-state index contributed by atoms with van der Waals surface area (Å²) in [7, 11) is 0. The van der Waals surface area contributed by atoms with Crippen molar-refractivity contribution in [2.45, 2.75) is 19.8 Å². The van der Waals surface area contributed by atoms with E-state index in [0.717, 1.165) is 4.88 Å². The molecule has 0 aliphatic carbocycles. The zero-order valence-electron chi connectivity index (χ0n) is 17.3. The Kier molecular flexibility index (Phi) is 6.13. The van der Waals surface area contributed by atoms with E-state index in [1.807, 2.05) is 31.4 Å². The molecule has 4 rings (SSSR count). The summed E-state index contributed by atoms with van der Waals surface area (Å²) in [5, 5.41) is 9.21. The first-order chi connectivity index (χ1) is 15.4. The lowest BCUT2D eigenvalue weighted by molar-refractivity contribution is -0.118. The van der Waals surface area contributed by atoms with Crippen LogP contribution in [0.5, 0.6) is 5.75 Å². The quantitative estimate of drug-likeness (QED) is 0.441. The minimum Gasteiger partial charge on any atom is -0.484 e. The highest BCUT2D eigenvalue weighted by molar-refractivity contribution is 7.13. The van der Waals surface area contributed by atoms with Gasteiger partial charge in [0, 0.05) is 12.1 Å². The second kappa shape index (κ2) is 9.15. The molecule has 0 saturated carbocycles. The van der Waals surface area contributed by atoms with E-state index in [0.29, 0.717) is 23.0 Å². The Morgan fingerprint density at radius 3 is 2.72 bits per heavy atom. The molecule has 0 aliphatic heterocycles. The number of amides is 1. The number of rotatable bonds is 7. The van der Waals surface area contributed by atoms with Crippen molar-refractivity contribution in [1.82, 2.24) is 19.7 Å². The number of hydrogen-bond acceptors (Lipinski definition) is 6. The van der Waals surface area contributed by atoms with E-state index >= 15 is 0 Å². The maximum atomic E-state index is 13.0. The van der Waals surface area contributed by atoms with Crippen LogP contribution in [-0.4, -0.2) is 32.3 Å². The molecule has 32 heavy (non-hydrogen) atoms. The molecule has 1 aromatic carbocycles. The zero-order valence-corrected chi connectivity index (χ0v) is 18.1. The number of carbonyl (C=O) groups is 1. The van der Waals surface area contributed by atoms with Crippen LogP contribution in [0.2, 0.25) is 0 Å². The molecule has 10 heteroatoms. The number of nitrogens with zero attached hydrogens (tertiary/aromatic N) is 3. The van der Waals surface area contributed by atoms with Gasteiger partial charge in [0.25, 0.3) is 11.5 Å². The fraction of sp³-hybridized carbons (Fsp3) is 0.182. The third kappa shape index (κ3) is 4.92. The molecule has 3 aromatic heterocycles. The largest absolute Gasteiger partial charge is 0.484 e. The van der Waals surface area contributed by atoms with Gasteiger partial charge in [0.05, 0.1) is 10.6 Å². The molecule has 0 bridgehead atoms. The van der Waals surface area contributed by atoms with Crippen LogP contribution < -0.4 is 15.6 Å². The molecule has 8 nitrogen and oxygen atoms in total. The number of carbonyl (C=O) groups excluding carboxylic acids is 1. The van der Waals surface area contributed by atoms with E-state index in [1.165, 1.54) is 46.4 Å². The normalized spacial score (nSPS) is 11.0. The van der Waals surface area contributed by atoms with Crippen LogP contribution in [0.4, 0.5) is 10.2 Å². The minimum absolute atomic E-state index is 0.0329. The van der Waals surface area contributed by atoms with E-state index in [1.54, 1.807) is 6.07 Å². The Bertz CT molecular complexity index is 1280. The number of halogens is 1. The first-order valence-corrected chi connectivity index (χ1v) is 10.7. The van der Waals surface area contributed by atoms with Crippen LogP contribution in [0.1, 0.15) is 25.5 Å². The number of H-pyrrole nitrogens is 1. The predicted octanol–water partition coefficient (Wildman–Crippen LogP) is 3.96. The number of nitrogens with one attached hydrogen (secondary N) is 2. The summed E-state index contributed by atoms with van der Waals surface area (Å²) in [6.07, 6.45) is 0. The van der Waals surface area contributed by atoms with Gasteiger partial charge in [-0.25, -0.2) is 9.37 Å². The SMILES string of the molecule is CC(C)c1cc(=O)[nH]c(-n2nc(-c3cccs3)cc2NC(=O)COc2ccc(F)cc2)n1. The van der Waals surface area contributed by atoms with Crippen molar-refractivity contribution < 1.29 is 13.9 Å². The first kappa shape index (κ1) is 21.4. The maximum absolute atomic E-state index is 13.0. The third-order valence-corrected chi connectivity index (χ3v) is 5.37. The lowest BCUT2D eigenvalue weighted by Gasteiger charge is -2.11. The van der Waals surface area contributed by atoms with Crippen LogP contribution in [0, 0.1) is 5.82 Å². The standard InChI is InChI=1S/C22H20FN5O3S/c1-13(2)16-11-20(29)26-22(24-16)28-19(10-17(27-28)18-4-3-9-32-18)25-21(30)12-31-15-7-5-14(23)6-8-15/h3-11,13H,12H2,1-2H3,(H,25,30)(H,24,26,29). The van der Waals surface area contributed by atoms with E-state index < -0.39 is 11.7 Å². The van der Waals surface area contributed by atoms with Gasteiger partial charge in [-0.2, -0.15) is 9.78 Å². The highest BCUT2D eigenvalue weighted by atomic mass is 32.1. The Morgan fingerprint density at radius 1 is 1.25 bits per heavy atom.